The van der Waals surface area contributed by atoms with Crippen LogP contribution in [0.1, 0.15) is 52.4 Å². The zero-order valence-electron chi connectivity index (χ0n) is 12.0. The third-order valence-electron chi connectivity index (χ3n) is 3.77. The fourth-order valence-electron chi connectivity index (χ4n) is 2.28. The Hall–Kier alpha value is -1.26. The summed E-state index contributed by atoms with van der Waals surface area (Å²) in [6, 6.07) is 0.0134. The molecule has 110 valence electrons. The lowest BCUT2D eigenvalue weighted by Crippen LogP contribution is -2.46. The van der Waals surface area contributed by atoms with Crippen LogP contribution in [0.3, 0.4) is 0 Å². The topological polar surface area (TPSA) is 69.6 Å². The van der Waals surface area contributed by atoms with Crippen LogP contribution < -0.4 is 5.32 Å². The number of nitrogens with zero attached hydrogens (tertiary/aromatic N) is 1. The lowest BCUT2D eigenvalue weighted by molar-refractivity contribution is -0.137. The van der Waals surface area contributed by atoms with E-state index in [0.717, 1.165) is 13.1 Å². The molecule has 0 heterocycles. The lowest BCUT2D eigenvalue weighted by Gasteiger charge is -2.32. The summed E-state index contributed by atoms with van der Waals surface area (Å²) in [5.74, 6) is -0.105. The second-order valence-electron chi connectivity index (χ2n) is 5.47. The smallest absolute Gasteiger partial charge is 0.317 e. The van der Waals surface area contributed by atoms with E-state index in [1.807, 2.05) is 18.7 Å². The molecule has 0 saturated heterocycles. The molecule has 0 bridgehead atoms. The zero-order valence-corrected chi connectivity index (χ0v) is 12.0. The number of hydrogen-bond donors (Lipinski definition) is 2. The van der Waals surface area contributed by atoms with Gasteiger partial charge in [-0.05, 0) is 45.4 Å². The van der Waals surface area contributed by atoms with Crippen molar-refractivity contribution in [2.75, 3.05) is 13.1 Å². The highest BCUT2D eigenvalue weighted by Gasteiger charge is 2.23. The van der Waals surface area contributed by atoms with Gasteiger partial charge in [0.15, 0.2) is 0 Å². The van der Waals surface area contributed by atoms with E-state index in [4.69, 9.17) is 5.11 Å². The third-order valence-corrected chi connectivity index (χ3v) is 3.77. The SMILES string of the molecule is CCN(CC1CCC1)C(=O)NC(C)CCCC(=O)O. The van der Waals surface area contributed by atoms with Gasteiger partial charge < -0.3 is 15.3 Å². The van der Waals surface area contributed by atoms with Crippen molar-refractivity contribution in [3.8, 4) is 0 Å². The number of carbonyl (C=O) groups excluding carboxylic acids is 1. The molecule has 1 aliphatic carbocycles. The summed E-state index contributed by atoms with van der Waals surface area (Å²) in [6.07, 6.45) is 5.23. The van der Waals surface area contributed by atoms with E-state index < -0.39 is 5.97 Å². The molecular formula is C14H26N2O3. The summed E-state index contributed by atoms with van der Waals surface area (Å²) in [4.78, 5) is 24.3. The molecule has 1 saturated carbocycles. The summed E-state index contributed by atoms with van der Waals surface area (Å²) in [5, 5.41) is 11.5. The Labute approximate surface area is 115 Å². The van der Waals surface area contributed by atoms with Gasteiger partial charge in [-0.25, -0.2) is 4.79 Å². The molecular weight excluding hydrogens is 244 g/mol. The van der Waals surface area contributed by atoms with Crippen LogP contribution in [0.25, 0.3) is 0 Å². The first-order valence-electron chi connectivity index (χ1n) is 7.30. The number of nitrogens with one attached hydrogen (secondary N) is 1. The fourth-order valence-corrected chi connectivity index (χ4v) is 2.28. The highest BCUT2D eigenvalue weighted by atomic mass is 16.4. The zero-order chi connectivity index (χ0) is 14.3. The maximum absolute atomic E-state index is 12.1. The maximum atomic E-state index is 12.1. The molecule has 2 amide bonds. The van der Waals surface area contributed by atoms with Gasteiger partial charge in [0.1, 0.15) is 0 Å². The first kappa shape index (κ1) is 15.8. The number of rotatable bonds is 8. The number of carbonyl (C=O) groups is 2. The van der Waals surface area contributed by atoms with Crippen molar-refractivity contribution in [1.29, 1.82) is 0 Å². The van der Waals surface area contributed by atoms with Gasteiger partial charge in [-0.1, -0.05) is 6.42 Å². The molecule has 0 radical (unpaired) electrons. The molecule has 2 N–H and O–H groups in total. The third kappa shape index (κ3) is 5.94. The Morgan fingerprint density at radius 1 is 1.42 bits per heavy atom. The minimum atomic E-state index is -0.779. The van der Waals surface area contributed by atoms with Crippen LogP contribution in [0.2, 0.25) is 0 Å². The molecule has 1 fully saturated rings. The number of carboxylic acid groups (broad SMARTS) is 1. The van der Waals surface area contributed by atoms with Crippen molar-refractivity contribution >= 4 is 12.0 Å². The predicted molar refractivity (Wildman–Crippen MR) is 74.1 cm³/mol. The molecule has 0 spiro atoms. The quantitative estimate of drug-likeness (QED) is 0.712. The Morgan fingerprint density at radius 3 is 2.58 bits per heavy atom. The minimum absolute atomic E-state index is 0.0165. The number of urea groups is 1. The van der Waals surface area contributed by atoms with Crippen molar-refractivity contribution in [3.05, 3.63) is 0 Å². The average Bonchev–Trinajstić information content (AvgIpc) is 2.26. The van der Waals surface area contributed by atoms with Crippen molar-refractivity contribution in [2.45, 2.75) is 58.4 Å². The van der Waals surface area contributed by atoms with Crippen LogP contribution in [0.5, 0.6) is 0 Å². The van der Waals surface area contributed by atoms with Crippen LogP contribution in [0, 0.1) is 5.92 Å². The molecule has 1 aliphatic rings. The first-order chi connectivity index (χ1) is 9.02. The van der Waals surface area contributed by atoms with Crippen LogP contribution in [0.4, 0.5) is 4.79 Å². The largest absolute Gasteiger partial charge is 0.481 e. The summed E-state index contributed by atoms with van der Waals surface area (Å²) < 4.78 is 0. The molecule has 0 aromatic heterocycles. The van der Waals surface area contributed by atoms with E-state index in [-0.39, 0.29) is 18.5 Å². The van der Waals surface area contributed by atoms with Gasteiger partial charge in [0.25, 0.3) is 0 Å². The molecule has 1 unspecified atom stereocenters. The van der Waals surface area contributed by atoms with Crippen molar-refractivity contribution in [1.82, 2.24) is 10.2 Å². The Balaban J connectivity index is 2.23. The summed E-state index contributed by atoms with van der Waals surface area (Å²) in [6.45, 7) is 5.50. The summed E-state index contributed by atoms with van der Waals surface area (Å²) >= 11 is 0. The van der Waals surface area contributed by atoms with E-state index in [1.54, 1.807) is 0 Å². The van der Waals surface area contributed by atoms with Gasteiger partial charge in [-0.15, -0.1) is 0 Å². The number of carboxylic acids is 1. The van der Waals surface area contributed by atoms with Gasteiger partial charge in [0.2, 0.25) is 0 Å². The molecule has 0 aromatic rings. The highest BCUT2D eigenvalue weighted by Crippen LogP contribution is 2.27. The fraction of sp³-hybridized carbons (Fsp3) is 0.857. The second kappa shape index (κ2) is 8.02. The first-order valence-corrected chi connectivity index (χ1v) is 7.30. The van der Waals surface area contributed by atoms with E-state index in [1.165, 1.54) is 19.3 Å². The standard InChI is InChI=1S/C14H26N2O3/c1-3-16(10-12-7-5-8-12)14(19)15-11(2)6-4-9-13(17)18/h11-12H,3-10H2,1-2H3,(H,15,19)(H,17,18). The Morgan fingerprint density at radius 2 is 2.11 bits per heavy atom. The van der Waals surface area contributed by atoms with Gasteiger partial charge in [0, 0.05) is 25.6 Å². The number of aliphatic carboxylic acids is 1. The molecule has 5 nitrogen and oxygen atoms in total. The molecule has 0 aliphatic heterocycles. The van der Waals surface area contributed by atoms with E-state index in [9.17, 15) is 9.59 Å². The minimum Gasteiger partial charge on any atom is -0.481 e. The van der Waals surface area contributed by atoms with E-state index >= 15 is 0 Å². The number of hydrogen-bond acceptors (Lipinski definition) is 2. The second-order valence-corrected chi connectivity index (χ2v) is 5.47. The maximum Gasteiger partial charge on any atom is 0.317 e. The van der Waals surface area contributed by atoms with Crippen molar-refractivity contribution in [2.24, 2.45) is 5.92 Å². The monoisotopic (exact) mass is 270 g/mol. The van der Waals surface area contributed by atoms with E-state index in [0.29, 0.717) is 18.8 Å². The van der Waals surface area contributed by atoms with Gasteiger partial charge in [0.05, 0.1) is 0 Å². The lowest BCUT2D eigenvalue weighted by atomic mass is 9.85. The van der Waals surface area contributed by atoms with Crippen LogP contribution in [-0.4, -0.2) is 41.1 Å². The van der Waals surface area contributed by atoms with Gasteiger partial charge in [-0.2, -0.15) is 0 Å². The van der Waals surface area contributed by atoms with Crippen LogP contribution in [-0.2, 0) is 4.79 Å². The predicted octanol–water partition coefficient (Wildman–Crippen LogP) is 2.46. The summed E-state index contributed by atoms with van der Waals surface area (Å²) in [7, 11) is 0. The van der Waals surface area contributed by atoms with Crippen molar-refractivity contribution in [3.63, 3.8) is 0 Å². The number of amides is 2. The normalized spacial score (nSPS) is 16.5. The Kier molecular flexibility index (Phi) is 6.67. The molecule has 1 rings (SSSR count). The van der Waals surface area contributed by atoms with Crippen molar-refractivity contribution < 1.29 is 14.7 Å². The summed E-state index contributed by atoms with van der Waals surface area (Å²) in [5.41, 5.74) is 0. The van der Waals surface area contributed by atoms with Crippen LogP contribution in [0.15, 0.2) is 0 Å². The molecule has 19 heavy (non-hydrogen) atoms. The van der Waals surface area contributed by atoms with E-state index in [2.05, 4.69) is 5.32 Å². The Bertz CT molecular complexity index is 303. The van der Waals surface area contributed by atoms with Gasteiger partial charge >= 0.3 is 12.0 Å². The molecule has 1 atom stereocenters. The van der Waals surface area contributed by atoms with Crippen LogP contribution >= 0.6 is 0 Å². The molecule has 5 heteroatoms. The molecule has 0 aromatic carbocycles. The highest BCUT2D eigenvalue weighted by molar-refractivity contribution is 5.74. The average molecular weight is 270 g/mol. The van der Waals surface area contributed by atoms with Gasteiger partial charge in [-0.3, -0.25) is 4.79 Å².